The van der Waals surface area contributed by atoms with Gasteiger partial charge in [-0.2, -0.15) is 0 Å². The molecule has 3 nitrogen and oxygen atoms in total. The second kappa shape index (κ2) is 7.69. The van der Waals surface area contributed by atoms with Gasteiger partial charge in [-0.25, -0.2) is 4.98 Å². The quantitative estimate of drug-likeness (QED) is 0.414. The van der Waals surface area contributed by atoms with Crippen LogP contribution in [0, 0.1) is 20.8 Å². The molecule has 0 unspecified atom stereocenters. The molecule has 0 aliphatic carbocycles. The van der Waals surface area contributed by atoms with Gasteiger partial charge < -0.3 is 5.32 Å². The minimum atomic E-state index is -0.186. The maximum atomic E-state index is 13.2. The molecule has 0 saturated heterocycles. The highest BCUT2D eigenvalue weighted by atomic mass is 35.5. The molecule has 1 amide bonds. The van der Waals surface area contributed by atoms with Crippen molar-refractivity contribution in [2.75, 3.05) is 5.32 Å². The molecule has 0 fully saturated rings. The highest BCUT2D eigenvalue weighted by Gasteiger charge is 2.15. The lowest BCUT2D eigenvalue weighted by atomic mass is 9.99. The maximum Gasteiger partial charge on any atom is 0.256 e. The van der Waals surface area contributed by atoms with Crippen LogP contribution in [0.5, 0.6) is 0 Å². The Morgan fingerprint density at radius 2 is 1.69 bits per heavy atom. The number of pyridine rings is 1. The number of benzene rings is 3. The van der Waals surface area contributed by atoms with Crippen molar-refractivity contribution in [1.29, 1.82) is 0 Å². The van der Waals surface area contributed by atoms with E-state index in [1.807, 2.05) is 49.4 Å². The first-order valence-electron chi connectivity index (χ1n) is 9.47. The second-order valence-electron chi connectivity index (χ2n) is 7.31. The standard InChI is InChI=1S/C25H21ClN2O/c1-15-8-11-19(17(3)12-15)24-14-21(20-6-4-5-7-23(20)28-24)25(29)27-18-10-9-16(2)22(26)13-18/h4-14H,1-3H3,(H,27,29). The summed E-state index contributed by atoms with van der Waals surface area (Å²) in [5.41, 5.74) is 7.14. The van der Waals surface area contributed by atoms with Gasteiger partial charge in [-0.05, 0) is 56.2 Å². The third-order valence-electron chi connectivity index (χ3n) is 5.05. The van der Waals surface area contributed by atoms with Crippen molar-refractivity contribution in [2.24, 2.45) is 0 Å². The number of nitrogens with zero attached hydrogens (tertiary/aromatic N) is 1. The summed E-state index contributed by atoms with van der Waals surface area (Å²) in [5, 5.41) is 4.41. The number of carbonyl (C=O) groups is 1. The highest BCUT2D eigenvalue weighted by molar-refractivity contribution is 6.31. The Kier molecular flexibility index (Phi) is 5.08. The number of aryl methyl sites for hydroxylation is 3. The number of anilines is 1. The van der Waals surface area contributed by atoms with Crippen molar-refractivity contribution in [2.45, 2.75) is 20.8 Å². The van der Waals surface area contributed by atoms with Crippen molar-refractivity contribution in [3.63, 3.8) is 0 Å². The minimum Gasteiger partial charge on any atom is -0.322 e. The number of rotatable bonds is 3. The Morgan fingerprint density at radius 1 is 0.897 bits per heavy atom. The van der Waals surface area contributed by atoms with Gasteiger partial charge >= 0.3 is 0 Å². The van der Waals surface area contributed by atoms with Crippen LogP contribution in [-0.2, 0) is 0 Å². The summed E-state index contributed by atoms with van der Waals surface area (Å²) < 4.78 is 0. The number of hydrogen-bond donors (Lipinski definition) is 1. The Balaban J connectivity index is 1.82. The fourth-order valence-corrected chi connectivity index (χ4v) is 3.65. The molecule has 3 aromatic carbocycles. The molecule has 0 atom stereocenters. The Bertz CT molecular complexity index is 1250. The first kappa shape index (κ1) is 19.2. The fraction of sp³-hybridized carbons (Fsp3) is 0.120. The summed E-state index contributed by atoms with van der Waals surface area (Å²) in [4.78, 5) is 18.0. The van der Waals surface area contributed by atoms with E-state index in [0.717, 1.165) is 33.3 Å². The van der Waals surface area contributed by atoms with Crippen LogP contribution in [0.2, 0.25) is 5.02 Å². The van der Waals surface area contributed by atoms with Crippen LogP contribution in [0.25, 0.3) is 22.2 Å². The lowest BCUT2D eigenvalue weighted by Crippen LogP contribution is -2.13. The number of fused-ring (bicyclic) bond motifs is 1. The Labute approximate surface area is 175 Å². The molecule has 0 aliphatic rings. The van der Waals surface area contributed by atoms with Crippen LogP contribution in [0.3, 0.4) is 0 Å². The van der Waals surface area contributed by atoms with Gasteiger partial charge in [0, 0.05) is 21.7 Å². The van der Waals surface area contributed by atoms with E-state index in [4.69, 9.17) is 16.6 Å². The molecule has 4 heteroatoms. The van der Waals surface area contributed by atoms with Crippen LogP contribution in [-0.4, -0.2) is 10.9 Å². The summed E-state index contributed by atoms with van der Waals surface area (Å²) in [7, 11) is 0. The van der Waals surface area contributed by atoms with Crippen LogP contribution in [0.15, 0.2) is 66.7 Å². The summed E-state index contributed by atoms with van der Waals surface area (Å²) >= 11 is 6.21. The van der Waals surface area contributed by atoms with E-state index < -0.39 is 0 Å². The predicted molar refractivity (Wildman–Crippen MR) is 121 cm³/mol. The van der Waals surface area contributed by atoms with Gasteiger partial charge in [0.15, 0.2) is 0 Å². The van der Waals surface area contributed by atoms with Gasteiger partial charge in [0.2, 0.25) is 0 Å². The first-order chi connectivity index (χ1) is 13.9. The molecule has 4 rings (SSSR count). The summed E-state index contributed by atoms with van der Waals surface area (Å²) in [6, 6.07) is 21.3. The highest BCUT2D eigenvalue weighted by Crippen LogP contribution is 2.28. The zero-order chi connectivity index (χ0) is 20.5. The SMILES string of the molecule is Cc1ccc(-c2cc(C(=O)Nc3ccc(C)c(Cl)c3)c3ccccc3n2)c(C)c1. The number of aromatic nitrogens is 1. The zero-order valence-electron chi connectivity index (χ0n) is 16.6. The fourth-order valence-electron chi connectivity index (χ4n) is 3.47. The molecule has 144 valence electrons. The van der Waals surface area contributed by atoms with Crippen LogP contribution >= 0.6 is 11.6 Å². The maximum absolute atomic E-state index is 13.2. The summed E-state index contributed by atoms with van der Waals surface area (Å²) in [5.74, 6) is -0.186. The van der Waals surface area contributed by atoms with Crippen molar-refractivity contribution in [1.82, 2.24) is 4.98 Å². The third kappa shape index (κ3) is 3.87. The minimum absolute atomic E-state index is 0.186. The van der Waals surface area contributed by atoms with Gasteiger partial charge in [-0.15, -0.1) is 0 Å². The predicted octanol–water partition coefficient (Wildman–Crippen LogP) is 6.73. The lowest BCUT2D eigenvalue weighted by molar-refractivity contribution is 0.102. The van der Waals surface area contributed by atoms with Crippen molar-refractivity contribution in [3.8, 4) is 11.3 Å². The third-order valence-corrected chi connectivity index (χ3v) is 5.46. The average Bonchev–Trinajstić information content (AvgIpc) is 2.70. The lowest BCUT2D eigenvalue weighted by Gasteiger charge is -2.13. The molecular weight excluding hydrogens is 380 g/mol. The molecular formula is C25H21ClN2O. The first-order valence-corrected chi connectivity index (χ1v) is 9.85. The summed E-state index contributed by atoms with van der Waals surface area (Å²) in [6.45, 7) is 6.06. The molecule has 0 spiro atoms. The van der Waals surface area contributed by atoms with E-state index in [-0.39, 0.29) is 5.91 Å². The number of carbonyl (C=O) groups excluding carboxylic acids is 1. The average molecular weight is 401 g/mol. The molecule has 4 aromatic rings. The zero-order valence-corrected chi connectivity index (χ0v) is 17.3. The van der Waals surface area contributed by atoms with Crippen molar-refractivity contribution < 1.29 is 4.79 Å². The van der Waals surface area contributed by atoms with E-state index in [0.29, 0.717) is 16.3 Å². The van der Waals surface area contributed by atoms with Gasteiger partial charge in [-0.1, -0.05) is 59.6 Å². The van der Waals surface area contributed by atoms with Crippen LogP contribution in [0.1, 0.15) is 27.0 Å². The van der Waals surface area contributed by atoms with Crippen LogP contribution < -0.4 is 5.32 Å². The number of para-hydroxylation sites is 1. The topological polar surface area (TPSA) is 42.0 Å². The number of halogens is 1. The van der Waals surface area contributed by atoms with Crippen molar-refractivity contribution in [3.05, 3.63) is 94.0 Å². The molecule has 0 radical (unpaired) electrons. The summed E-state index contributed by atoms with van der Waals surface area (Å²) in [6.07, 6.45) is 0. The van der Waals surface area contributed by atoms with Crippen LogP contribution in [0.4, 0.5) is 5.69 Å². The molecule has 1 heterocycles. The van der Waals surface area contributed by atoms with Gasteiger partial charge in [-0.3, -0.25) is 4.79 Å². The van der Waals surface area contributed by atoms with E-state index in [1.54, 1.807) is 6.07 Å². The smallest absolute Gasteiger partial charge is 0.256 e. The Morgan fingerprint density at radius 3 is 2.45 bits per heavy atom. The molecule has 29 heavy (non-hydrogen) atoms. The van der Waals surface area contributed by atoms with Gasteiger partial charge in [0.05, 0.1) is 16.8 Å². The molecule has 0 bridgehead atoms. The monoisotopic (exact) mass is 400 g/mol. The van der Waals surface area contributed by atoms with Gasteiger partial charge in [0.25, 0.3) is 5.91 Å². The van der Waals surface area contributed by atoms with Gasteiger partial charge in [0.1, 0.15) is 0 Å². The Hall–Kier alpha value is -3.17. The second-order valence-corrected chi connectivity index (χ2v) is 7.72. The molecule has 1 N–H and O–H groups in total. The number of nitrogens with one attached hydrogen (secondary N) is 1. The van der Waals surface area contributed by atoms with E-state index in [2.05, 4.69) is 37.4 Å². The molecule has 1 aromatic heterocycles. The van der Waals surface area contributed by atoms with E-state index in [1.165, 1.54) is 5.56 Å². The molecule has 0 saturated carbocycles. The van der Waals surface area contributed by atoms with E-state index in [9.17, 15) is 4.79 Å². The molecule has 0 aliphatic heterocycles. The number of hydrogen-bond acceptors (Lipinski definition) is 2. The normalized spacial score (nSPS) is 10.9. The van der Waals surface area contributed by atoms with E-state index >= 15 is 0 Å². The van der Waals surface area contributed by atoms with Crippen molar-refractivity contribution >= 4 is 34.1 Å². The largest absolute Gasteiger partial charge is 0.322 e. The number of amides is 1.